The van der Waals surface area contributed by atoms with Gasteiger partial charge in [-0.05, 0) is 59.8 Å². The lowest BCUT2D eigenvalue weighted by Gasteiger charge is -2.40. The second-order valence-electron chi connectivity index (χ2n) is 12.9. The van der Waals surface area contributed by atoms with Gasteiger partial charge in [0.15, 0.2) is 5.82 Å². The van der Waals surface area contributed by atoms with Crippen LogP contribution in [-0.2, 0) is 26.2 Å². The molecule has 216 valence electrons. The highest BCUT2D eigenvalue weighted by molar-refractivity contribution is 9.10. The van der Waals surface area contributed by atoms with Crippen LogP contribution in [0, 0.1) is 5.92 Å². The SMILES string of the molecule is CC(C)(C)OC(=O)C1CN(C(=O)C2(Cc3ccc(-c4ncc(Br)cn4)cc3)CN2C(=O)c2ccc(C(C)(C)C)s2)C1. The number of thiophene rings is 1. The van der Waals surface area contributed by atoms with E-state index in [4.69, 9.17) is 4.74 Å². The fraction of sp³-hybridized carbons (Fsp3) is 0.452. The summed E-state index contributed by atoms with van der Waals surface area (Å²) in [5.41, 5.74) is 0.158. The standard InChI is InChI=1S/C31H35BrN4O4S/c1-29(2,3)24-12-11-23(41-24)26(37)36-18-31(36,28(39)35-16-21(17-35)27(38)40-30(4,5)6)13-19-7-9-20(10-8-19)25-33-14-22(32)15-34-25/h7-12,14-15,21H,13,16-18H2,1-6H3. The number of nitrogens with zero attached hydrogens (tertiary/aromatic N) is 4. The number of aromatic nitrogens is 2. The van der Waals surface area contributed by atoms with E-state index in [1.165, 1.54) is 11.3 Å². The topological polar surface area (TPSA) is 92.5 Å². The van der Waals surface area contributed by atoms with E-state index in [2.05, 4.69) is 46.7 Å². The first-order chi connectivity index (χ1) is 19.2. The van der Waals surface area contributed by atoms with Crippen molar-refractivity contribution in [2.75, 3.05) is 19.6 Å². The number of rotatable bonds is 6. The largest absolute Gasteiger partial charge is 0.460 e. The zero-order valence-electron chi connectivity index (χ0n) is 24.2. The molecule has 1 aromatic carbocycles. The number of carbonyl (C=O) groups excluding carboxylic acids is 3. The van der Waals surface area contributed by atoms with Crippen LogP contribution in [0.15, 0.2) is 53.3 Å². The quantitative estimate of drug-likeness (QED) is 0.261. The summed E-state index contributed by atoms with van der Waals surface area (Å²) in [6.07, 6.45) is 3.78. The summed E-state index contributed by atoms with van der Waals surface area (Å²) in [4.78, 5) is 54.0. The zero-order chi connectivity index (χ0) is 29.7. The van der Waals surface area contributed by atoms with Crippen molar-refractivity contribution in [1.29, 1.82) is 0 Å². The summed E-state index contributed by atoms with van der Waals surface area (Å²) in [6, 6.07) is 11.6. The Balaban J connectivity index is 1.36. The number of esters is 1. The third kappa shape index (κ3) is 6.23. The molecule has 2 aromatic heterocycles. The first-order valence-corrected chi connectivity index (χ1v) is 15.3. The lowest BCUT2D eigenvalue weighted by Crippen LogP contribution is -2.58. The van der Waals surface area contributed by atoms with Gasteiger partial charge in [-0.1, -0.05) is 45.0 Å². The number of benzene rings is 1. The van der Waals surface area contributed by atoms with Crippen LogP contribution < -0.4 is 0 Å². The van der Waals surface area contributed by atoms with Crippen LogP contribution in [-0.4, -0.2) is 68.3 Å². The van der Waals surface area contributed by atoms with Gasteiger partial charge in [-0.25, -0.2) is 9.97 Å². The van der Waals surface area contributed by atoms with Crippen molar-refractivity contribution in [3.63, 3.8) is 0 Å². The number of ether oxygens (including phenoxy) is 1. The third-order valence-corrected chi connectivity index (χ3v) is 9.18. The normalized spacial score (nSPS) is 19.1. The maximum absolute atomic E-state index is 14.0. The second kappa shape index (κ2) is 10.6. The van der Waals surface area contributed by atoms with Gasteiger partial charge in [0, 0.05) is 42.3 Å². The minimum Gasteiger partial charge on any atom is -0.460 e. The van der Waals surface area contributed by atoms with E-state index in [0.29, 0.717) is 36.8 Å². The number of likely N-dealkylation sites (tertiary alicyclic amines) is 1. The highest BCUT2D eigenvalue weighted by Gasteiger charge is 2.63. The van der Waals surface area contributed by atoms with Gasteiger partial charge >= 0.3 is 5.97 Å². The van der Waals surface area contributed by atoms with Crippen LogP contribution in [0.3, 0.4) is 0 Å². The van der Waals surface area contributed by atoms with E-state index < -0.39 is 11.1 Å². The first-order valence-electron chi connectivity index (χ1n) is 13.7. The molecule has 5 rings (SSSR count). The van der Waals surface area contributed by atoms with Gasteiger partial charge in [0.25, 0.3) is 11.8 Å². The van der Waals surface area contributed by atoms with E-state index >= 15 is 0 Å². The molecule has 0 aliphatic carbocycles. The van der Waals surface area contributed by atoms with E-state index in [0.717, 1.165) is 20.5 Å². The molecule has 2 aliphatic rings. The van der Waals surface area contributed by atoms with Crippen molar-refractivity contribution in [3.05, 3.63) is 68.6 Å². The molecule has 1 atom stereocenters. The van der Waals surface area contributed by atoms with Crippen LogP contribution in [0.25, 0.3) is 11.4 Å². The smallest absolute Gasteiger partial charge is 0.313 e. The minimum absolute atomic E-state index is 0.0659. The molecule has 10 heteroatoms. The van der Waals surface area contributed by atoms with E-state index in [1.54, 1.807) is 22.2 Å². The van der Waals surface area contributed by atoms with Gasteiger partial charge in [0.1, 0.15) is 11.1 Å². The first kappa shape index (κ1) is 29.4. The van der Waals surface area contributed by atoms with E-state index in [-0.39, 0.29) is 29.1 Å². The molecule has 0 bridgehead atoms. The van der Waals surface area contributed by atoms with Gasteiger partial charge in [0.2, 0.25) is 0 Å². The van der Waals surface area contributed by atoms with Crippen LogP contribution >= 0.6 is 27.3 Å². The Morgan fingerprint density at radius 3 is 2.20 bits per heavy atom. The van der Waals surface area contributed by atoms with Crippen molar-refractivity contribution < 1.29 is 19.1 Å². The van der Waals surface area contributed by atoms with Crippen LogP contribution in [0.2, 0.25) is 0 Å². The highest BCUT2D eigenvalue weighted by atomic mass is 79.9. The fourth-order valence-corrected chi connectivity index (χ4v) is 6.15. The maximum Gasteiger partial charge on any atom is 0.313 e. The van der Waals surface area contributed by atoms with Crippen molar-refractivity contribution in [3.8, 4) is 11.4 Å². The monoisotopic (exact) mass is 638 g/mol. The molecule has 1 unspecified atom stereocenters. The lowest BCUT2D eigenvalue weighted by molar-refractivity contribution is -0.168. The number of amides is 2. The average molecular weight is 640 g/mol. The molecular formula is C31H35BrN4O4S. The lowest BCUT2D eigenvalue weighted by atomic mass is 9.92. The molecule has 4 heterocycles. The number of halogens is 1. The predicted octanol–water partition coefficient (Wildman–Crippen LogP) is 5.50. The molecule has 3 aromatic rings. The van der Waals surface area contributed by atoms with Crippen molar-refractivity contribution in [2.24, 2.45) is 5.92 Å². The Bertz CT molecular complexity index is 1470. The Hall–Kier alpha value is -3.11. The summed E-state index contributed by atoms with van der Waals surface area (Å²) >= 11 is 4.84. The summed E-state index contributed by atoms with van der Waals surface area (Å²) in [6.45, 7) is 12.8. The van der Waals surface area contributed by atoms with Crippen LogP contribution in [0.1, 0.15) is 61.7 Å². The molecule has 8 nitrogen and oxygen atoms in total. The van der Waals surface area contributed by atoms with E-state index in [1.807, 2.05) is 57.2 Å². The molecule has 0 spiro atoms. The summed E-state index contributed by atoms with van der Waals surface area (Å²) in [5.74, 6) is -0.301. The van der Waals surface area contributed by atoms with Crippen molar-refractivity contribution in [2.45, 2.75) is 64.5 Å². The molecule has 41 heavy (non-hydrogen) atoms. The molecule has 0 N–H and O–H groups in total. The molecule has 0 saturated carbocycles. The predicted molar refractivity (Wildman–Crippen MR) is 162 cm³/mol. The molecule has 0 radical (unpaired) electrons. The molecule has 2 saturated heterocycles. The Kier molecular flexibility index (Phi) is 7.61. The number of hydrogen-bond acceptors (Lipinski definition) is 7. The van der Waals surface area contributed by atoms with Crippen molar-refractivity contribution >= 4 is 45.1 Å². The van der Waals surface area contributed by atoms with Gasteiger partial charge in [-0.15, -0.1) is 11.3 Å². The average Bonchev–Trinajstić information content (AvgIpc) is 3.34. The van der Waals surface area contributed by atoms with Crippen LogP contribution in [0.4, 0.5) is 0 Å². The molecular weight excluding hydrogens is 604 g/mol. The van der Waals surface area contributed by atoms with Gasteiger partial charge in [0.05, 0.1) is 21.8 Å². The highest BCUT2D eigenvalue weighted by Crippen LogP contribution is 2.42. The van der Waals surface area contributed by atoms with Gasteiger partial charge < -0.3 is 14.5 Å². The second-order valence-corrected chi connectivity index (χ2v) is 14.9. The summed E-state index contributed by atoms with van der Waals surface area (Å²) in [7, 11) is 0. The fourth-order valence-electron chi connectivity index (χ4n) is 4.93. The Morgan fingerprint density at radius 1 is 1.00 bits per heavy atom. The molecule has 2 fully saturated rings. The Morgan fingerprint density at radius 2 is 1.63 bits per heavy atom. The number of hydrogen-bond donors (Lipinski definition) is 0. The van der Waals surface area contributed by atoms with Gasteiger partial charge in [-0.3, -0.25) is 14.4 Å². The minimum atomic E-state index is -0.989. The maximum atomic E-state index is 14.0. The Labute approximate surface area is 253 Å². The zero-order valence-corrected chi connectivity index (χ0v) is 26.6. The van der Waals surface area contributed by atoms with Crippen LogP contribution in [0.5, 0.6) is 0 Å². The molecule has 2 amide bonds. The molecule has 2 aliphatic heterocycles. The third-order valence-electron chi connectivity index (χ3n) is 7.27. The van der Waals surface area contributed by atoms with E-state index in [9.17, 15) is 14.4 Å². The summed E-state index contributed by atoms with van der Waals surface area (Å²) in [5, 5.41) is 0. The van der Waals surface area contributed by atoms with Gasteiger partial charge in [-0.2, -0.15) is 0 Å². The number of carbonyl (C=O) groups is 3. The summed E-state index contributed by atoms with van der Waals surface area (Å²) < 4.78 is 6.32. The van der Waals surface area contributed by atoms with Crippen molar-refractivity contribution in [1.82, 2.24) is 19.8 Å².